The standard InChI is InChI=1S/C14H30N4O/c1-16(2)14(19)9-13(10-15)18(4)11-12-5-7-17(3)8-6-12/h12-13H,5-11,15H2,1-4H3. The van der Waals surface area contributed by atoms with Crippen LogP contribution in [0.15, 0.2) is 0 Å². The maximum atomic E-state index is 11.8. The van der Waals surface area contributed by atoms with E-state index in [4.69, 9.17) is 5.73 Å². The average molecular weight is 270 g/mol. The minimum atomic E-state index is 0.158. The van der Waals surface area contributed by atoms with Crippen molar-refractivity contribution in [3.63, 3.8) is 0 Å². The fraction of sp³-hybridized carbons (Fsp3) is 0.929. The van der Waals surface area contributed by atoms with Gasteiger partial charge in [-0.1, -0.05) is 0 Å². The Morgan fingerprint density at radius 2 is 1.89 bits per heavy atom. The maximum absolute atomic E-state index is 11.8. The first-order valence-corrected chi connectivity index (χ1v) is 7.23. The summed E-state index contributed by atoms with van der Waals surface area (Å²) in [5.74, 6) is 0.899. The van der Waals surface area contributed by atoms with Crippen LogP contribution in [-0.4, -0.2) is 81.0 Å². The summed E-state index contributed by atoms with van der Waals surface area (Å²) < 4.78 is 0. The molecule has 0 saturated carbocycles. The van der Waals surface area contributed by atoms with E-state index in [-0.39, 0.29) is 11.9 Å². The van der Waals surface area contributed by atoms with Crippen molar-refractivity contribution in [1.29, 1.82) is 0 Å². The first kappa shape index (κ1) is 16.4. The number of likely N-dealkylation sites (N-methyl/N-ethyl adjacent to an activating group) is 1. The van der Waals surface area contributed by atoms with Crippen LogP contribution in [0, 0.1) is 5.92 Å². The monoisotopic (exact) mass is 270 g/mol. The number of carbonyl (C=O) groups is 1. The van der Waals surface area contributed by atoms with Gasteiger partial charge >= 0.3 is 0 Å². The molecule has 1 aliphatic rings. The predicted molar refractivity (Wildman–Crippen MR) is 79.0 cm³/mol. The highest BCUT2D eigenvalue weighted by Gasteiger charge is 2.23. The van der Waals surface area contributed by atoms with Gasteiger partial charge in [-0.2, -0.15) is 0 Å². The molecule has 1 fully saturated rings. The highest BCUT2D eigenvalue weighted by atomic mass is 16.2. The molecule has 1 unspecified atom stereocenters. The van der Waals surface area contributed by atoms with Crippen molar-refractivity contribution in [2.45, 2.75) is 25.3 Å². The van der Waals surface area contributed by atoms with Gasteiger partial charge < -0.3 is 20.4 Å². The molecule has 0 aliphatic carbocycles. The lowest BCUT2D eigenvalue weighted by Gasteiger charge is -2.34. The Hall–Kier alpha value is -0.650. The van der Waals surface area contributed by atoms with Crippen LogP contribution in [0.1, 0.15) is 19.3 Å². The summed E-state index contributed by atoms with van der Waals surface area (Å²) in [5, 5.41) is 0. The lowest BCUT2D eigenvalue weighted by atomic mass is 9.96. The second-order valence-electron chi connectivity index (χ2n) is 6.07. The predicted octanol–water partition coefficient (Wildman–Crippen LogP) is 0.0656. The molecule has 1 amide bonds. The van der Waals surface area contributed by atoms with E-state index < -0.39 is 0 Å². The third-order valence-electron chi connectivity index (χ3n) is 4.19. The number of hydrogen-bond donors (Lipinski definition) is 1. The van der Waals surface area contributed by atoms with Crippen LogP contribution < -0.4 is 5.73 Å². The van der Waals surface area contributed by atoms with Gasteiger partial charge in [0.15, 0.2) is 0 Å². The Labute approximate surface area is 117 Å². The smallest absolute Gasteiger partial charge is 0.223 e. The summed E-state index contributed by atoms with van der Waals surface area (Å²) in [4.78, 5) is 18.1. The highest BCUT2D eigenvalue weighted by molar-refractivity contribution is 5.76. The largest absolute Gasteiger partial charge is 0.349 e. The second kappa shape index (κ2) is 7.82. The van der Waals surface area contributed by atoms with Crippen LogP contribution in [0.5, 0.6) is 0 Å². The number of piperidine rings is 1. The van der Waals surface area contributed by atoms with Crippen molar-refractivity contribution in [2.24, 2.45) is 11.7 Å². The Morgan fingerprint density at radius 3 is 2.37 bits per heavy atom. The molecule has 0 aromatic rings. The van der Waals surface area contributed by atoms with Crippen LogP contribution in [0.4, 0.5) is 0 Å². The molecule has 1 aliphatic heterocycles. The third-order valence-corrected chi connectivity index (χ3v) is 4.19. The molecule has 1 rings (SSSR count). The van der Waals surface area contributed by atoms with E-state index in [2.05, 4.69) is 23.9 Å². The van der Waals surface area contributed by atoms with E-state index in [0.29, 0.717) is 13.0 Å². The van der Waals surface area contributed by atoms with E-state index in [1.54, 1.807) is 19.0 Å². The molecule has 1 atom stereocenters. The van der Waals surface area contributed by atoms with Gasteiger partial charge in [0.1, 0.15) is 0 Å². The highest BCUT2D eigenvalue weighted by Crippen LogP contribution is 2.18. The van der Waals surface area contributed by atoms with E-state index in [0.717, 1.165) is 12.5 Å². The molecule has 5 heteroatoms. The molecule has 2 N–H and O–H groups in total. The van der Waals surface area contributed by atoms with E-state index in [9.17, 15) is 4.79 Å². The van der Waals surface area contributed by atoms with Crippen LogP contribution in [0.25, 0.3) is 0 Å². The van der Waals surface area contributed by atoms with Gasteiger partial charge in [-0.25, -0.2) is 0 Å². The molecule has 0 spiro atoms. The van der Waals surface area contributed by atoms with Crippen molar-refractivity contribution in [1.82, 2.24) is 14.7 Å². The molecule has 112 valence electrons. The molecule has 0 aromatic carbocycles. The molecule has 0 aromatic heterocycles. The van der Waals surface area contributed by atoms with Crippen molar-refractivity contribution in [3.8, 4) is 0 Å². The van der Waals surface area contributed by atoms with Gasteiger partial charge in [0, 0.05) is 39.6 Å². The zero-order chi connectivity index (χ0) is 14.4. The SMILES string of the molecule is CN1CCC(CN(C)C(CN)CC(=O)N(C)C)CC1. The van der Waals surface area contributed by atoms with Crippen LogP contribution >= 0.6 is 0 Å². The number of hydrogen-bond acceptors (Lipinski definition) is 4. The molecule has 0 radical (unpaired) electrons. The summed E-state index contributed by atoms with van der Waals surface area (Å²) in [5.41, 5.74) is 5.83. The lowest BCUT2D eigenvalue weighted by Crippen LogP contribution is -2.45. The molecule has 1 saturated heterocycles. The topological polar surface area (TPSA) is 52.8 Å². The maximum Gasteiger partial charge on any atom is 0.223 e. The van der Waals surface area contributed by atoms with Gasteiger partial charge in [-0.3, -0.25) is 4.79 Å². The van der Waals surface area contributed by atoms with Gasteiger partial charge in [0.05, 0.1) is 0 Å². The fourth-order valence-corrected chi connectivity index (χ4v) is 2.60. The van der Waals surface area contributed by atoms with Gasteiger partial charge in [0.25, 0.3) is 0 Å². The first-order chi connectivity index (χ1) is 8.93. The Morgan fingerprint density at radius 1 is 1.32 bits per heavy atom. The number of nitrogens with zero attached hydrogens (tertiary/aromatic N) is 3. The molecule has 19 heavy (non-hydrogen) atoms. The fourth-order valence-electron chi connectivity index (χ4n) is 2.60. The number of amides is 1. The summed E-state index contributed by atoms with van der Waals surface area (Å²) in [6.07, 6.45) is 3.02. The van der Waals surface area contributed by atoms with Crippen LogP contribution in [-0.2, 0) is 4.79 Å². The molecule has 0 bridgehead atoms. The average Bonchev–Trinajstić information content (AvgIpc) is 2.38. The first-order valence-electron chi connectivity index (χ1n) is 7.23. The van der Waals surface area contributed by atoms with Gasteiger partial charge in [-0.15, -0.1) is 0 Å². The third kappa shape index (κ3) is 5.47. The molecular formula is C14H30N4O. The van der Waals surface area contributed by atoms with Crippen molar-refractivity contribution >= 4 is 5.91 Å². The van der Waals surface area contributed by atoms with E-state index >= 15 is 0 Å². The number of likely N-dealkylation sites (tertiary alicyclic amines) is 1. The Balaban J connectivity index is 2.40. The van der Waals surface area contributed by atoms with E-state index in [1.807, 2.05) is 0 Å². The second-order valence-corrected chi connectivity index (χ2v) is 6.07. The molecule has 1 heterocycles. The molecule has 5 nitrogen and oxygen atoms in total. The van der Waals surface area contributed by atoms with E-state index in [1.165, 1.54) is 25.9 Å². The van der Waals surface area contributed by atoms with Crippen LogP contribution in [0.2, 0.25) is 0 Å². The van der Waals surface area contributed by atoms with Crippen molar-refractivity contribution < 1.29 is 4.79 Å². The van der Waals surface area contributed by atoms with Crippen molar-refractivity contribution in [2.75, 3.05) is 54.4 Å². The summed E-state index contributed by atoms with van der Waals surface area (Å²) in [7, 11) is 7.87. The minimum absolute atomic E-state index is 0.158. The summed E-state index contributed by atoms with van der Waals surface area (Å²) in [6, 6.07) is 0.162. The quantitative estimate of drug-likeness (QED) is 0.742. The summed E-state index contributed by atoms with van der Waals surface area (Å²) >= 11 is 0. The van der Waals surface area contributed by atoms with Gasteiger partial charge in [-0.05, 0) is 45.9 Å². The Kier molecular flexibility index (Phi) is 6.75. The van der Waals surface area contributed by atoms with Crippen LogP contribution in [0.3, 0.4) is 0 Å². The Bertz CT molecular complexity index is 275. The molecular weight excluding hydrogens is 240 g/mol. The number of carbonyl (C=O) groups excluding carboxylic acids is 1. The zero-order valence-electron chi connectivity index (χ0n) is 12.9. The van der Waals surface area contributed by atoms with Gasteiger partial charge in [0.2, 0.25) is 5.91 Å². The normalized spacial score (nSPS) is 19.7. The summed E-state index contributed by atoms with van der Waals surface area (Å²) in [6.45, 7) is 3.96. The number of nitrogens with two attached hydrogens (primary N) is 1. The number of rotatable bonds is 6. The zero-order valence-corrected chi connectivity index (χ0v) is 12.9. The lowest BCUT2D eigenvalue weighted by molar-refractivity contribution is -0.129. The van der Waals surface area contributed by atoms with Crippen molar-refractivity contribution in [3.05, 3.63) is 0 Å². The minimum Gasteiger partial charge on any atom is -0.349 e.